The minimum absolute atomic E-state index is 0.0693. The zero-order valence-electron chi connectivity index (χ0n) is 14.2. The van der Waals surface area contributed by atoms with Crippen molar-refractivity contribution in [3.63, 3.8) is 0 Å². The molecule has 24 heavy (non-hydrogen) atoms. The zero-order chi connectivity index (χ0) is 16.7. The van der Waals surface area contributed by atoms with Crippen LogP contribution in [0.15, 0.2) is 22.8 Å². The van der Waals surface area contributed by atoms with Crippen LogP contribution in [0.4, 0.5) is 0 Å². The third-order valence-corrected chi connectivity index (χ3v) is 4.98. The van der Waals surface area contributed by atoms with Crippen molar-refractivity contribution in [2.45, 2.75) is 19.6 Å². The normalized spacial score (nSPS) is 19.0. The van der Waals surface area contributed by atoms with Crippen molar-refractivity contribution in [2.75, 3.05) is 33.2 Å². The first-order valence-corrected chi connectivity index (χ1v) is 8.39. The molecule has 1 amide bonds. The van der Waals surface area contributed by atoms with Gasteiger partial charge in [-0.25, -0.2) is 0 Å². The molecule has 0 aliphatic carbocycles. The number of hydrogen-bond donors (Lipinski definition) is 0. The number of aromatic nitrogens is 2. The Kier molecular flexibility index (Phi) is 3.90. The lowest BCUT2D eigenvalue weighted by Gasteiger charge is -2.32. The van der Waals surface area contributed by atoms with Crippen molar-refractivity contribution in [1.82, 2.24) is 24.5 Å². The molecule has 4 heterocycles. The maximum absolute atomic E-state index is 12.9. The van der Waals surface area contributed by atoms with E-state index in [9.17, 15) is 4.79 Å². The second-order valence-corrected chi connectivity index (χ2v) is 6.72. The van der Waals surface area contributed by atoms with E-state index < -0.39 is 0 Å². The summed E-state index contributed by atoms with van der Waals surface area (Å²) in [6.07, 6.45) is 1.70. The third kappa shape index (κ3) is 2.74. The quantitative estimate of drug-likeness (QED) is 0.838. The molecule has 2 aliphatic rings. The number of fused-ring (bicyclic) bond motifs is 1. The van der Waals surface area contributed by atoms with Crippen LogP contribution in [-0.2, 0) is 26.7 Å². The van der Waals surface area contributed by atoms with Crippen LogP contribution in [-0.4, -0.2) is 63.6 Å². The number of aryl methyl sites for hydroxylation is 1. The van der Waals surface area contributed by atoms with Crippen molar-refractivity contribution in [1.29, 1.82) is 0 Å². The Labute approximate surface area is 141 Å². The lowest BCUT2D eigenvalue weighted by atomic mass is 10.2. The summed E-state index contributed by atoms with van der Waals surface area (Å²) in [5, 5.41) is 4.52. The second-order valence-electron chi connectivity index (χ2n) is 6.72. The molecular weight excluding hydrogens is 306 g/mol. The number of hydrogen-bond acceptors (Lipinski definition) is 5. The van der Waals surface area contributed by atoms with Crippen LogP contribution in [0.2, 0.25) is 0 Å². The second kappa shape index (κ2) is 6.07. The van der Waals surface area contributed by atoms with Gasteiger partial charge in [0.15, 0.2) is 5.69 Å². The van der Waals surface area contributed by atoms with Crippen molar-refractivity contribution >= 4 is 5.91 Å². The average molecular weight is 329 g/mol. The highest BCUT2D eigenvalue weighted by atomic mass is 16.3. The van der Waals surface area contributed by atoms with Gasteiger partial charge >= 0.3 is 0 Å². The molecule has 4 rings (SSSR count). The Morgan fingerprint density at radius 1 is 1.21 bits per heavy atom. The van der Waals surface area contributed by atoms with Crippen LogP contribution in [0.5, 0.6) is 0 Å². The molecule has 2 aromatic heterocycles. The lowest BCUT2D eigenvalue weighted by molar-refractivity contribution is 0.0655. The van der Waals surface area contributed by atoms with Gasteiger partial charge in [-0.2, -0.15) is 5.10 Å². The standard InChI is InChI=1S/C17H23N5O2/c1-19-5-7-22(8-6-19)17(23)16-14-11-21(10-13-4-3-9-24-13)12-15(14)20(2)18-16/h3-4,9H,5-8,10-12H2,1-2H3. The molecule has 2 aromatic rings. The van der Waals surface area contributed by atoms with E-state index >= 15 is 0 Å². The summed E-state index contributed by atoms with van der Waals surface area (Å²) in [6.45, 7) is 5.70. The first kappa shape index (κ1) is 15.4. The number of nitrogens with zero attached hydrogens (tertiary/aromatic N) is 5. The number of piperazine rings is 1. The predicted molar refractivity (Wildman–Crippen MR) is 88.3 cm³/mol. The number of furan rings is 1. The van der Waals surface area contributed by atoms with Gasteiger partial charge in [-0.1, -0.05) is 0 Å². The predicted octanol–water partition coefficient (Wildman–Crippen LogP) is 0.916. The SMILES string of the molecule is CN1CCN(C(=O)c2nn(C)c3c2CN(Cc2ccco2)C3)CC1. The van der Waals surface area contributed by atoms with E-state index in [1.807, 2.05) is 28.8 Å². The fourth-order valence-electron chi connectivity index (χ4n) is 3.52. The summed E-state index contributed by atoms with van der Waals surface area (Å²) < 4.78 is 7.30. The van der Waals surface area contributed by atoms with Gasteiger partial charge in [0, 0.05) is 51.9 Å². The summed E-state index contributed by atoms with van der Waals surface area (Å²) in [4.78, 5) is 19.4. The van der Waals surface area contributed by atoms with Gasteiger partial charge in [0.2, 0.25) is 0 Å². The van der Waals surface area contributed by atoms with Crippen LogP contribution < -0.4 is 0 Å². The summed E-state index contributed by atoms with van der Waals surface area (Å²) in [6, 6.07) is 3.89. The first-order valence-electron chi connectivity index (χ1n) is 8.39. The topological polar surface area (TPSA) is 57.8 Å². The van der Waals surface area contributed by atoms with E-state index in [1.165, 1.54) is 0 Å². The summed E-state index contributed by atoms with van der Waals surface area (Å²) in [5.74, 6) is 1.02. The monoisotopic (exact) mass is 329 g/mol. The van der Waals surface area contributed by atoms with Gasteiger partial charge in [-0.15, -0.1) is 0 Å². The first-order chi connectivity index (χ1) is 11.6. The van der Waals surface area contributed by atoms with E-state index in [1.54, 1.807) is 6.26 Å². The maximum Gasteiger partial charge on any atom is 0.274 e. The molecule has 1 fully saturated rings. The molecule has 1 saturated heterocycles. The van der Waals surface area contributed by atoms with Crippen LogP contribution >= 0.6 is 0 Å². The highest BCUT2D eigenvalue weighted by Gasteiger charge is 2.32. The van der Waals surface area contributed by atoms with Crippen molar-refractivity contribution < 1.29 is 9.21 Å². The number of carbonyl (C=O) groups is 1. The number of carbonyl (C=O) groups excluding carboxylic acids is 1. The summed E-state index contributed by atoms with van der Waals surface area (Å²) in [7, 11) is 4.02. The molecule has 0 atom stereocenters. The summed E-state index contributed by atoms with van der Waals surface area (Å²) in [5.41, 5.74) is 2.84. The van der Waals surface area contributed by atoms with E-state index in [4.69, 9.17) is 4.42 Å². The molecule has 0 radical (unpaired) electrons. The van der Waals surface area contributed by atoms with Gasteiger partial charge in [-0.05, 0) is 19.2 Å². The highest BCUT2D eigenvalue weighted by molar-refractivity contribution is 5.94. The number of likely N-dealkylation sites (N-methyl/N-ethyl adjacent to an activating group) is 1. The molecule has 7 heteroatoms. The molecule has 0 bridgehead atoms. The number of amides is 1. The van der Waals surface area contributed by atoms with Crippen molar-refractivity contribution in [3.05, 3.63) is 41.1 Å². The Hall–Kier alpha value is -2.12. The van der Waals surface area contributed by atoms with E-state index in [2.05, 4.69) is 21.9 Å². The molecular formula is C17H23N5O2. The van der Waals surface area contributed by atoms with Crippen LogP contribution in [0.3, 0.4) is 0 Å². The van der Waals surface area contributed by atoms with Gasteiger partial charge in [-0.3, -0.25) is 14.4 Å². The smallest absolute Gasteiger partial charge is 0.274 e. The Bertz CT molecular complexity index is 728. The summed E-state index contributed by atoms with van der Waals surface area (Å²) >= 11 is 0. The van der Waals surface area contributed by atoms with Crippen LogP contribution in [0, 0.1) is 0 Å². The largest absolute Gasteiger partial charge is 0.468 e. The van der Waals surface area contributed by atoms with Gasteiger partial charge < -0.3 is 14.2 Å². The van der Waals surface area contributed by atoms with E-state index in [0.717, 1.165) is 62.8 Å². The minimum Gasteiger partial charge on any atom is -0.468 e. The Balaban J connectivity index is 1.51. The molecule has 0 unspecified atom stereocenters. The van der Waals surface area contributed by atoms with Gasteiger partial charge in [0.25, 0.3) is 5.91 Å². The van der Waals surface area contributed by atoms with E-state index in [-0.39, 0.29) is 5.91 Å². The molecule has 0 N–H and O–H groups in total. The zero-order valence-corrected chi connectivity index (χ0v) is 14.2. The molecule has 0 spiro atoms. The van der Waals surface area contributed by atoms with Crippen LogP contribution in [0.1, 0.15) is 27.5 Å². The Morgan fingerprint density at radius 2 is 2.00 bits per heavy atom. The van der Waals surface area contributed by atoms with Crippen molar-refractivity contribution in [3.8, 4) is 0 Å². The molecule has 0 saturated carbocycles. The van der Waals surface area contributed by atoms with Gasteiger partial charge in [0.05, 0.1) is 18.5 Å². The van der Waals surface area contributed by atoms with E-state index in [0.29, 0.717) is 5.69 Å². The highest BCUT2D eigenvalue weighted by Crippen LogP contribution is 2.28. The molecule has 128 valence electrons. The van der Waals surface area contributed by atoms with Crippen LogP contribution in [0.25, 0.3) is 0 Å². The molecule has 2 aliphatic heterocycles. The fourth-order valence-corrected chi connectivity index (χ4v) is 3.52. The minimum atomic E-state index is 0.0693. The number of rotatable bonds is 3. The molecule has 7 nitrogen and oxygen atoms in total. The lowest BCUT2D eigenvalue weighted by Crippen LogP contribution is -2.47. The Morgan fingerprint density at radius 3 is 2.71 bits per heavy atom. The van der Waals surface area contributed by atoms with Gasteiger partial charge in [0.1, 0.15) is 5.76 Å². The average Bonchev–Trinajstić information content (AvgIpc) is 3.27. The van der Waals surface area contributed by atoms with Crippen molar-refractivity contribution in [2.24, 2.45) is 7.05 Å². The third-order valence-electron chi connectivity index (χ3n) is 4.98. The maximum atomic E-state index is 12.9. The molecule has 0 aromatic carbocycles. The fraction of sp³-hybridized carbons (Fsp3) is 0.529.